The van der Waals surface area contributed by atoms with E-state index in [2.05, 4.69) is 47.1 Å². The molecule has 30 heavy (non-hydrogen) atoms. The predicted octanol–water partition coefficient (Wildman–Crippen LogP) is 6.32. The minimum atomic E-state index is 0.207. The number of halogens is 2. The molecule has 0 saturated carbocycles. The van der Waals surface area contributed by atoms with Gasteiger partial charge in [-0.05, 0) is 66.6 Å². The molecule has 0 bridgehead atoms. The van der Waals surface area contributed by atoms with Crippen molar-refractivity contribution in [2.75, 3.05) is 18.0 Å². The molecule has 1 aliphatic heterocycles. The van der Waals surface area contributed by atoms with E-state index in [0.29, 0.717) is 11.6 Å². The minimum Gasteiger partial charge on any atom is -0.362 e. The van der Waals surface area contributed by atoms with Crippen LogP contribution >= 0.6 is 23.2 Å². The van der Waals surface area contributed by atoms with Gasteiger partial charge < -0.3 is 4.90 Å². The molecule has 3 nitrogen and oxygen atoms in total. The summed E-state index contributed by atoms with van der Waals surface area (Å²) >= 11 is 12.3. The van der Waals surface area contributed by atoms with Gasteiger partial charge in [-0.25, -0.2) is 0 Å². The number of rotatable bonds is 4. The summed E-state index contributed by atoms with van der Waals surface area (Å²) in [5, 5.41) is 10.5. The normalized spacial score (nSPS) is 19.5. The van der Waals surface area contributed by atoms with E-state index in [1.54, 1.807) is 0 Å². The Bertz CT molecular complexity index is 1020. The van der Waals surface area contributed by atoms with Crippen LogP contribution in [0.15, 0.2) is 72.8 Å². The Balaban J connectivity index is 1.62. The van der Waals surface area contributed by atoms with Gasteiger partial charge in [-0.15, -0.1) is 0 Å². The Morgan fingerprint density at radius 3 is 2.07 bits per heavy atom. The van der Waals surface area contributed by atoms with E-state index in [-0.39, 0.29) is 6.04 Å². The van der Waals surface area contributed by atoms with Crippen molar-refractivity contribution in [2.45, 2.75) is 25.6 Å². The highest BCUT2D eigenvalue weighted by atomic mass is 35.5. The summed E-state index contributed by atoms with van der Waals surface area (Å²) in [7, 11) is 0. The second-order valence-electron chi connectivity index (χ2n) is 7.78. The average Bonchev–Trinajstić information content (AvgIpc) is 2.77. The first kappa shape index (κ1) is 20.8. The Hall–Kier alpha value is -2.51. The lowest BCUT2D eigenvalue weighted by molar-refractivity contribution is 0.153. The van der Waals surface area contributed by atoms with Crippen molar-refractivity contribution in [1.29, 1.82) is 5.26 Å². The van der Waals surface area contributed by atoms with Gasteiger partial charge in [0.2, 0.25) is 0 Å². The maximum Gasteiger partial charge on any atom is 0.0991 e. The van der Waals surface area contributed by atoms with Crippen LogP contribution in [0.3, 0.4) is 0 Å². The Kier molecular flexibility index (Phi) is 6.29. The maximum absolute atomic E-state index is 9.04. The zero-order valence-corrected chi connectivity index (χ0v) is 18.3. The summed E-state index contributed by atoms with van der Waals surface area (Å²) in [6, 6.07) is 26.9. The van der Waals surface area contributed by atoms with Crippen LogP contribution in [0.2, 0.25) is 10.0 Å². The molecule has 0 aliphatic carbocycles. The number of hydrogen-bond donors (Lipinski definition) is 0. The molecule has 0 radical (unpaired) electrons. The fraction of sp³-hybridized carbons (Fsp3) is 0.240. The smallest absolute Gasteiger partial charge is 0.0991 e. The van der Waals surface area contributed by atoms with Crippen LogP contribution < -0.4 is 4.90 Å². The molecule has 0 aromatic heterocycles. The van der Waals surface area contributed by atoms with Crippen molar-refractivity contribution in [1.82, 2.24) is 4.90 Å². The summed E-state index contributed by atoms with van der Waals surface area (Å²) in [6.07, 6.45) is 0. The lowest BCUT2D eigenvalue weighted by atomic mass is 9.98. The van der Waals surface area contributed by atoms with Crippen molar-refractivity contribution in [3.63, 3.8) is 0 Å². The van der Waals surface area contributed by atoms with Gasteiger partial charge in [-0.3, -0.25) is 4.90 Å². The van der Waals surface area contributed by atoms with Gasteiger partial charge in [0.25, 0.3) is 0 Å². The molecule has 1 heterocycles. The molecule has 3 aromatic rings. The largest absolute Gasteiger partial charge is 0.362 e. The maximum atomic E-state index is 9.04. The second-order valence-corrected chi connectivity index (χ2v) is 8.66. The van der Waals surface area contributed by atoms with Crippen LogP contribution in [-0.2, 0) is 6.54 Å². The summed E-state index contributed by atoms with van der Waals surface area (Å²) in [5.41, 5.74) is 4.32. The minimum absolute atomic E-state index is 0.207. The molecular formula is C25H23Cl2N3. The molecule has 1 saturated heterocycles. The van der Waals surface area contributed by atoms with Crippen LogP contribution in [0.4, 0.5) is 5.69 Å². The van der Waals surface area contributed by atoms with E-state index >= 15 is 0 Å². The molecule has 0 spiro atoms. The first-order valence-electron chi connectivity index (χ1n) is 10.0. The second kappa shape index (κ2) is 9.10. The van der Waals surface area contributed by atoms with E-state index in [0.717, 1.165) is 29.7 Å². The van der Waals surface area contributed by atoms with Gasteiger partial charge >= 0.3 is 0 Å². The van der Waals surface area contributed by atoms with Crippen LogP contribution in [0.5, 0.6) is 0 Å². The zero-order chi connectivity index (χ0) is 21.1. The van der Waals surface area contributed by atoms with Gasteiger partial charge in [0.15, 0.2) is 0 Å². The number of piperazine rings is 1. The van der Waals surface area contributed by atoms with Crippen molar-refractivity contribution >= 4 is 28.9 Å². The van der Waals surface area contributed by atoms with Gasteiger partial charge in [-0.2, -0.15) is 5.26 Å². The molecule has 1 unspecified atom stereocenters. The number of benzene rings is 3. The Labute approximate surface area is 188 Å². The van der Waals surface area contributed by atoms with E-state index in [1.807, 2.05) is 48.5 Å². The highest BCUT2D eigenvalue weighted by Crippen LogP contribution is 2.34. The fourth-order valence-corrected chi connectivity index (χ4v) is 4.31. The van der Waals surface area contributed by atoms with Crippen LogP contribution in [0.1, 0.15) is 29.7 Å². The topological polar surface area (TPSA) is 30.3 Å². The first-order chi connectivity index (χ1) is 14.5. The standard InChI is InChI=1S/C25H23Cl2N3/c1-18-15-30(24-12-10-23(27)11-13-24)25(21-6-8-22(26)9-7-21)17-29(18)16-20-4-2-19(14-28)3-5-20/h2-13,18,25H,15-17H2,1H3/t18?,25-/m0/s1. The number of anilines is 1. The summed E-state index contributed by atoms with van der Waals surface area (Å²) in [4.78, 5) is 4.96. The number of nitriles is 1. The average molecular weight is 436 g/mol. The van der Waals surface area contributed by atoms with Gasteiger partial charge in [0.1, 0.15) is 0 Å². The molecule has 4 rings (SSSR count). The zero-order valence-electron chi connectivity index (χ0n) is 16.8. The number of nitrogens with zero attached hydrogens (tertiary/aromatic N) is 3. The summed E-state index contributed by atoms with van der Waals surface area (Å²) in [6.45, 7) is 4.92. The highest BCUT2D eigenvalue weighted by molar-refractivity contribution is 6.30. The van der Waals surface area contributed by atoms with E-state index in [9.17, 15) is 0 Å². The molecular weight excluding hydrogens is 413 g/mol. The molecule has 152 valence electrons. The predicted molar refractivity (Wildman–Crippen MR) is 124 cm³/mol. The molecule has 0 N–H and O–H groups in total. The Morgan fingerprint density at radius 1 is 0.867 bits per heavy atom. The quantitative estimate of drug-likeness (QED) is 0.480. The number of hydrogen-bond acceptors (Lipinski definition) is 3. The van der Waals surface area contributed by atoms with Crippen LogP contribution in [0.25, 0.3) is 0 Å². The van der Waals surface area contributed by atoms with Crippen molar-refractivity contribution in [3.05, 3.63) is 99.5 Å². The molecule has 2 atom stereocenters. The molecule has 1 fully saturated rings. The van der Waals surface area contributed by atoms with E-state index in [1.165, 1.54) is 16.8 Å². The lowest BCUT2D eigenvalue weighted by Gasteiger charge is -2.47. The van der Waals surface area contributed by atoms with Gasteiger partial charge in [-0.1, -0.05) is 47.5 Å². The Morgan fingerprint density at radius 2 is 1.47 bits per heavy atom. The van der Waals surface area contributed by atoms with Crippen LogP contribution in [-0.4, -0.2) is 24.0 Å². The van der Waals surface area contributed by atoms with E-state index in [4.69, 9.17) is 28.5 Å². The molecule has 5 heteroatoms. The third kappa shape index (κ3) is 4.63. The van der Waals surface area contributed by atoms with Crippen molar-refractivity contribution in [3.8, 4) is 6.07 Å². The monoisotopic (exact) mass is 435 g/mol. The van der Waals surface area contributed by atoms with Crippen LogP contribution in [0, 0.1) is 11.3 Å². The van der Waals surface area contributed by atoms with Gasteiger partial charge in [0, 0.05) is 41.4 Å². The highest BCUT2D eigenvalue weighted by Gasteiger charge is 2.32. The molecule has 3 aromatic carbocycles. The molecule has 0 amide bonds. The van der Waals surface area contributed by atoms with Crippen molar-refractivity contribution < 1.29 is 0 Å². The van der Waals surface area contributed by atoms with Gasteiger partial charge in [0.05, 0.1) is 17.7 Å². The van der Waals surface area contributed by atoms with E-state index < -0.39 is 0 Å². The third-order valence-corrected chi connectivity index (χ3v) is 6.25. The van der Waals surface area contributed by atoms with Crippen molar-refractivity contribution in [2.24, 2.45) is 0 Å². The lowest BCUT2D eigenvalue weighted by Crippen LogP contribution is -2.53. The first-order valence-corrected chi connectivity index (χ1v) is 10.8. The fourth-order valence-electron chi connectivity index (χ4n) is 4.06. The third-order valence-electron chi connectivity index (χ3n) is 5.75. The SMILES string of the molecule is CC1CN(c2ccc(Cl)cc2)[C@H](c2ccc(Cl)cc2)CN1Cc1ccc(C#N)cc1. The molecule has 1 aliphatic rings. The summed E-state index contributed by atoms with van der Waals surface area (Å²) in [5.74, 6) is 0. The summed E-state index contributed by atoms with van der Waals surface area (Å²) < 4.78 is 0.